The molecular weight excluding hydrogens is 318 g/mol. The van der Waals surface area contributed by atoms with Crippen LogP contribution in [0.3, 0.4) is 0 Å². The van der Waals surface area contributed by atoms with Crippen molar-refractivity contribution in [3.8, 4) is 0 Å². The van der Waals surface area contributed by atoms with Gasteiger partial charge in [0.1, 0.15) is 11.5 Å². The second-order valence-electron chi connectivity index (χ2n) is 7.69. The maximum Gasteiger partial charge on any atom is 0.312 e. The predicted molar refractivity (Wildman–Crippen MR) is 93.1 cm³/mol. The normalized spacial score (nSPS) is 32.6. The molecule has 5 heteroatoms. The van der Waals surface area contributed by atoms with Crippen molar-refractivity contribution in [1.29, 1.82) is 0 Å². The van der Waals surface area contributed by atoms with Crippen LogP contribution in [0.25, 0.3) is 0 Å². The molecule has 132 valence electrons. The summed E-state index contributed by atoms with van der Waals surface area (Å²) in [6.07, 6.45) is 3.51. The molecule has 3 aliphatic rings. The summed E-state index contributed by atoms with van der Waals surface area (Å²) in [6.45, 7) is 6.79. The van der Waals surface area contributed by atoms with E-state index >= 15 is 0 Å². The quantitative estimate of drug-likeness (QED) is 0.624. The summed E-state index contributed by atoms with van der Waals surface area (Å²) in [6, 6.07) is 7.84. The van der Waals surface area contributed by atoms with E-state index in [0.717, 1.165) is 11.3 Å². The fraction of sp³-hybridized carbons (Fsp3) is 0.500. The minimum absolute atomic E-state index is 0.0519. The third-order valence-electron chi connectivity index (χ3n) is 5.24. The molecule has 0 radical (unpaired) electrons. The molecule has 1 aromatic rings. The highest BCUT2D eigenvalue weighted by molar-refractivity contribution is 6.02. The standard InChI is InChI=1S/C20H23NO4/c1-12(2)10-24-19(23)16-15-7-8-20(25-15)11-21(18(22)17(16)20)14-6-4-5-13(3)9-14/h4-9,12,15-17H,10-11H2,1-3H3/t15-,16+,17+,20-/m0/s1. The Morgan fingerprint density at radius 2 is 2.24 bits per heavy atom. The summed E-state index contributed by atoms with van der Waals surface area (Å²) in [5, 5.41) is 0. The van der Waals surface area contributed by atoms with E-state index in [9.17, 15) is 9.59 Å². The van der Waals surface area contributed by atoms with Crippen LogP contribution in [-0.2, 0) is 19.1 Å². The number of fused-ring (bicyclic) bond motifs is 1. The fourth-order valence-electron chi connectivity index (χ4n) is 4.13. The van der Waals surface area contributed by atoms with Crippen LogP contribution >= 0.6 is 0 Å². The van der Waals surface area contributed by atoms with Gasteiger partial charge in [-0.1, -0.05) is 38.1 Å². The first kappa shape index (κ1) is 16.3. The summed E-state index contributed by atoms with van der Waals surface area (Å²) in [4.78, 5) is 27.5. The van der Waals surface area contributed by atoms with E-state index in [4.69, 9.17) is 9.47 Å². The van der Waals surface area contributed by atoms with Crippen LogP contribution in [0, 0.1) is 24.7 Å². The minimum Gasteiger partial charge on any atom is -0.465 e. The molecule has 2 bridgehead atoms. The lowest BCUT2D eigenvalue weighted by atomic mass is 9.77. The Kier molecular flexibility index (Phi) is 3.72. The highest BCUT2D eigenvalue weighted by Gasteiger charge is 2.67. The Morgan fingerprint density at radius 1 is 1.44 bits per heavy atom. The van der Waals surface area contributed by atoms with Gasteiger partial charge in [0, 0.05) is 5.69 Å². The van der Waals surface area contributed by atoms with Crippen molar-refractivity contribution in [2.75, 3.05) is 18.1 Å². The lowest BCUT2D eigenvalue weighted by Gasteiger charge is -2.23. The smallest absolute Gasteiger partial charge is 0.312 e. The van der Waals surface area contributed by atoms with Gasteiger partial charge in [0.15, 0.2) is 0 Å². The molecule has 0 aromatic heterocycles. The van der Waals surface area contributed by atoms with Gasteiger partial charge in [0.05, 0.1) is 25.2 Å². The van der Waals surface area contributed by atoms with E-state index in [0.29, 0.717) is 13.2 Å². The Labute approximate surface area is 147 Å². The van der Waals surface area contributed by atoms with Gasteiger partial charge in [0.25, 0.3) is 0 Å². The summed E-state index contributed by atoms with van der Waals surface area (Å²) < 4.78 is 11.5. The van der Waals surface area contributed by atoms with Crippen LogP contribution in [-0.4, -0.2) is 36.7 Å². The Balaban J connectivity index is 1.62. The molecule has 3 aliphatic heterocycles. The first-order valence-electron chi connectivity index (χ1n) is 8.83. The van der Waals surface area contributed by atoms with Gasteiger partial charge in [-0.25, -0.2) is 0 Å². The molecule has 1 amide bonds. The molecule has 4 atom stereocenters. The molecule has 1 spiro atoms. The molecule has 0 aliphatic carbocycles. The number of carbonyl (C=O) groups excluding carboxylic acids is 2. The molecule has 2 fully saturated rings. The third kappa shape index (κ3) is 2.49. The van der Waals surface area contributed by atoms with Crippen LogP contribution in [0.1, 0.15) is 19.4 Å². The van der Waals surface area contributed by atoms with Gasteiger partial charge >= 0.3 is 5.97 Å². The van der Waals surface area contributed by atoms with Crippen LogP contribution in [0.5, 0.6) is 0 Å². The fourth-order valence-corrected chi connectivity index (χ4v) is 4.13. The number of benzene rings is 1. The predicted octanol–water partition coefficient (Wildman–Crippen LogP) is 2.48. The zero-order valence-electron chi connectivity index (χ0n) is 14.8. The van der Waals surface area contributed by atoms with Crippen LogP contribution in [0.4, 0.5) is 5.69 Å². The molecule has 0 unspecified atom stereocenters. The van der Waals surface area contributed by atoms with E-state index < -0.39 is 17.4 Å². The largest absolute Gasteiger partial charge is 0.465 e. The number of rotatable bonds is 4. The number of ether oxygens (including phenoxy) is 2. The Hall–Kier alpha value is -2.14. The summed E-state index contributed by atoms with van der Waals surface area (Å²) in [5.74, 6) is -1.16. The van der Waals surface area contributed by atoms with Gasteiger partial charge < -0.3 is 14.4 Å². The van der Waals surface area contributed by atoms with Crippen molar-refractivity contribution in [2.45, 2.75) is 32.5 Å². The van der Waals surface area contributed by atoms with Crippen molar-refractivity contribution >= 4 is 17.6 Å². The number of aryl methyl sites for hydroxylation is 1. The molecule has 5 nitrogen and oxygen atoms in total. The van der Waals surface area contributed by atoms with Crippen molar-refractivity contribution in [1.82, 2.24) is 0 Å². The lowest BCUT2D eigenvalue weighted by molar-refractivity contribution is -0.153. The van der Waals surface area contributed by atoms with Gasteiger partial charge in [-0.05, 0) is 30.5 Å². The van der Waals surface area contributed by atoms with Crippen molar-refractivity contribution in [3.05, 3.63) is 42.0 Å². The highest BCUT2D eigenvalue weighted by Crippen LogP contribution is 2.52. The third-order valence-corrected chi connectivity index (χ3v) is 5.24. The first-order chi connectivity index (χ1) is 11.9. The summed E-state index contributed by atoms with van der Waals surface area (Å²) in [7, 11) is 0. The van der Waals surface area contributed by atoms with Crippen LogP contribution in [0.15, 0.2) is 36.4 Å². The maximum atomic E-state index is 13.1. The first-order valence-corrected chi connectivity index (χ1v) is 8.83. The molecule has 4 rings (SSSR count). The summed E-state index contributed by atoms with van der Waals surface area (Å²) >= 11 is 0. The number of hydrogen-bond donors (Lipinski definition) is 0. The van der Waals surface area contributed by atoms with E-state index in [1.54, 1.807) is 4.90 Å². The molecule has 1 aromatic carbocycles. The zero-order valence-corrected chi connectivity index (χ0v) is 14.8. The Bertz CT molecular complexity index is 756. The van der Waals surface area contributed by atoms with E-state index in [1.165, 1.54) is 0 Å². The summed E-state index contributed by atoms with van der Waals surface area (Å²) in [5.41, 5.74) is 1.24. The number of esters is 1. The molecule has 3 heterocycles. The molecule has 0 saturated carbocycles. The second kappa shape index (κ2) is 5.70. The number of nitrogens with zero attached hydrogens (tertiary/aromatic N) is 1. The van der Waals surface area contributed by atoms with Crippen molar-refractivity contribution in [2.24, 2.45) is 17.8 Å². The van der Waals surface area contributed by atoms with E-state index in [1.807, 2.05) is 57.2 Å². The zero-order chi connectivity index (χ0) is 17.8. The highest BCUT2D eigenvalue weighted by atomic mass is 16.6. The van der Waals surface area contributed by atoms with Crippen molar-refractivity contribution < 1.29 is 19.1 Å². The number of carbonyl (C=O) groups is 2. The lowest BCUT2D eigenvalue weighted by Crippen LogP contribution is -2.40. The molecule has 2 saturated heterocycles. The number of amides is 1. The second-order valence-corrected chi connectivity index (χ2v) is 7.69. The average molecular weight is 341 g/mol. The molecular formula is C20H23NO4. The van der Waals surface area contributed by atoms with Gasteiger partial charge in [0.2, 0.25) is 5.91 Å². The maximum absolute atomic E-state index is 13.1. The van der Waals surface area contributed by atoms with Crippen LogP contribution in [0.2, 0.25) is 0 Å². The van der Waals surface area contributed by atoms with Crippen LogP contribution < -0.4 is 4.90 Å². The van der Waals surface area contributed by atoms with E-state index in [-0.39, 0.29) is 23.9 Å². The van der Waals surface area contributed by atoms with Crippen molar-refractivity contribution in [3.63, 3.8) is 0 Å². The van der Waals surface area contributed by atoms with Gasteiger partial charge in [-0.3, -0.25) is 9.59 Å². The molecule has 0 N–H and O–H groups in total. The van der Waals surface area contributed by atoms with E-state index in [2.05, 4.69) is 0 Å². The molecule has 25 heavy (non-hydrogen) atoms. The average Bonchev–Trinajstić information content (AvgIpc) is 3.21. The minimum atomic E-state index is -0.701. The SMILES string of the molecule is Cc1cccc(N2C[C@]34C=C[C@H](O3)[C@@H](C(=O)OCC(C)C)[C@@H]4C2=O)c1. The number of anilines is 1. The monoisotopic (exact) mass is 341 g/mol. The van der Waals surface area contributed by atoms with Gasteiger partial charge in [-0.15, -0.1) is 0 Å². The Morgan fingerprint density at radius 3 is 2.96 bits per heavy atom. The number of hydrogen-bond acceptors (Lipinski definition) is 4. The topological polar surface area (TPSA) is 55.8 Å². The van der Waals surface area contributed by atoms with Gasteiger partial charge in [-0.2, -0.15) is 0 Å².